The summed E-state index contributed by atoms with van der Waals surface area (Å²) in [7, 11) is 0. The second-order valence-electron chi connectivity index (χ2n) is 3.73. The van der Waals surface area contributed by atoms with Gasteiger partial charge < -0.3 is 11.1 Å². The van der Waals surface area contributed by atoms with Crippen molar-refractivity contribution in [2.24, 2.45) is 5.73 Å². The van der Waals surface area contributed by atoms with Crippen LogP contribution in [0.3, 0.4) is 0 Å². The van der Waals surface area contributed by atoms with Gasteiger partial charge in [0.2, 0.25) is 5.91 Å². The predicted octanol–water partition coefficient (Wildman–Crippen LogP) is 1.05. The molecule has 0 unspecified atom stereocenters. The van der Waals surface area contributed by atoms with Gasteiger partial charge in [0.15, 0.2) is 0 Å². The number of carbonyl (C=O) groups is 1. The van der Waals surface area contributed by atoms with Gasteiger partial charge in [-0.3, -0.25) is 9.89 Å². The van der Waals surface area contributed by atoms with Crippen LogP contribution in [0.4, 0.5) is 5.69 Å². The van der Waals surface area contributed by atoms with Gasteiger partial charge >= 0.3 is 0 Å². The van der Waals surface area contributed by atoms with E-state index in [1.54, 1.807) is 12.4 Å². The van der Waals surface area contributed by atoms with Crippen molar-refractivity contribution in [1.29, 1.82) is 0 Å². The van der Waals surface area contributed by atoms with E-state index < -0.39 is 0 Å². The number of amides is 1. The molecule has 0 saturated heterocycles. The highest BCUT2D eigenvalue weighted by molar-refractivity contribution is 5.91. The molecule has 0 radical (unpaired) electrons. The van der Waals surface area contributed by atoms with Crippen LogP contribution in [0.1, 0.15) is 11.1 Å². The van der Waals surface area contributed by atoms with Crippen molar-refractivity contribution in [2.75, 3.05) is 5.32 Å². The maximum Gasteiger partial charge on any atom is 0.228 e. The van der Waals surface area contributed by atoms with E-state index >= 15 is 0 Å². The van der Waals surface area contributed by atoms with Gasteiger partial charge in [0.1, 0.15) is 0 Å². The molecule has 1 amide bonds. The van der Waals surface area contributed by atoms with Gasteiger partial charge in [-0.05, 0) is 11.1 Å². The number of aromatic amines is 1. The van der Waals surface area contributed by atoms with Gasteiger partial charge in [-0.2, -0.15) is 5.10 Å². The zero-order valence-electron chi connectivity index (χ0n) is 9.31. The number of nitrogens with zero attached hydrogens (tertiary/aromatic N) is 1. The number of nitrogens with two attached hydrogens (primary N) is 1. The lowest BCUT2D eigenvalue weighted by molar-refractivity contribution is -0.115. The third-order valence-electron chi connectivity index (χ3n) is 2.41. The minimum absolute atomic E-state index is 0.0631. The summed E-state index contributed by atoms with van der Waals surface area (Å²) in [6.07, 6.45) is 3.54. The second-order valence-corrected chi connectivity index (χ2v) is 3.73. The van der Waals surface area contributed by atoms with E-state index in [4.69, 9.17) is 5.73 Å². The number of benzene rings is 1. The topological polar surface area (TPSA) is 83.8 Å². The van der Waals surface area contributed by atoms with Crippen LogP contribution in [0.5, 0.6) is 0 Å². The van der Waals surface area contributed by atoms with Crippen molar-refractivity contribution < 1.29 is 4.79 Å². The summed E-state index contributed by atoms with van der Waals surface area (Å²) < 4.78 is 0. The molecule has 0 spiro atoms. The van der Waals surface area contributed by atoms with Gasteiger partial charge in [0.05, 0.1) is 18.3 Å². The normalized spacial score (nSPS) is 10.2. The van der Waals surface area contributed by atoms with Crippen molar-refractivity contribution in [1.82, 2.24) is 10.2 Å². The first kappa shape index (κ1) is 11.3. The fourth-order valence-corrected chi connectivity index (χ4v) is 1.50. The van der Waals surface area contributed by atoms with Crippen LogP contribution in [-0.2, 0) is 17.8 Å². The number of rotatable bonds is 4. The number of H-pyrrole nitrogens is 1. The molecule has 1 aromatic heterocycles. The molecule has 1 heterocycles. The fraction of sp³-hybridized carbons (Fsp3) is 0.167. The lowest BCUT2D eigenvalue weighted by Crippen LogP contribution is -2.13. The van der Waals surface area contributed by atoms with E-state index in [0.717, 1.165) is 11.1 Å². The van der Waals surface area contributed by atoms with Crippen molar-refractivity contribution in [3.05, 3.63) is 47.8 Å². The van der Waals surface area contributed by atoms with E-state index in [1.165, 1.54) is 0 Å². The number of hydrogen-bond acceptors (Lipinski definition) is 3. The summed E-state index contributed by atoms with van der Waals surface area (Å²) in [6.45, 7) is 0.515. The van der Waals surface area contributed by atoms with E-state index in [1.807, 2.05) is 24.3 Å². The molecule has 0 fully saturated rings. The Morgan fingerprint density at radius 3 is 2.59 bits per heavy atom. The summed E-state index contributed by atoms with van der Waals surface area (Å²) in [6, 6.07) is 7.69. The largest absolute Gasteiger partial charge is 0.326 e. The minimum Gasteiger partial charge on any atom is -0.326 e. The first-order chi connectivity index (χ1) is 8.28. The maximum absolute atomic E-state index is 11.7. The Balaban J connectivity index is 1.93. The van der Waals surface area contributed by atoms with Crippen LogP contribution in [0.15, 0.2) is 36.7 Å². The Morgan fingerprint density at radius 1 is 1.29 bits per heavy atom. The average molecular weight is 230 g/mol. The van der Waals surface area contributed by atoms with E-state index in [-0.39, 0.29) is 5.91 Å². The summed E-state index contributed by atoms with van der Waals surface area (Å²) in [5.41, 5.74) is 8.20. The van der Waals surface area contributed by atoms with Crippen molar-refractivity contribution >= 4 is 11.6 Å². The predicted molar refractivity (Wildman–Crippen MR) is 65.3 cm³/mol. The maximum atomic E-state index is 11.7. The molecular formula is C12H14N4O. The quantitative estimate of drug-likeness (QED) is 0.734. The Morgan fingerprint density at radius 2 is 2.00 bits per heavy atom. The van der Waals surface area contributed by atoms with Crippen LogP contribution in [0, 0.1) is 0 Å². The molecule has 0 aliphatic heterocycles. The van der Waals surface area contributed by atoms with Gasteiger partial charge in [0.25, 0.3) is 0 Å². The number of aromatic nitrogens is 2. The van der Waals surface area contributed by atoms with Crippen LogP contribution in [-0.4, -0.2) is 16.1 Å². The first-order valence-corrected chi connectivity index (χ1v) is 5.34. The zero-order valence-corrected chi connectivity index (χ0v) is 9.31. The van der Waals surface area contributed by atoms with Crippen LogP contribution >= 0.6 is 0 Å². The first-order valence-electron chi connectivity index (χ1n) is 5.34. The molecule has 0 atom stereocenters. The van der Waals surface area contributed by atoms with Gasteiger partial charge in [0, 0.05) is 12.7 Å². The summed E-state index contributed by atoms with van der Waals surface area (Å²) in [5.74, 6) is -0.0631. The molecule has 2 rings (SSSR count). The van der Waals surface area contributed by atoms with E-state index in [9.17, 15) is 4.79 Å². The molecule has 0 aliphatic carbocycles. The molecule has 17 heavy (non-hydrogen) atoms. The minimum atomic E-state index is -0.0631. The average Bonchev–Trinajstić information content (AvgIpc) is 2.82. The smallest absolute Gasteiger partial charge is 0.228 e. The standard InChI is InChI=1S/C12H14N4O/c13-6-10-3-1-9(2-4-10)5-12(17)16-11-7-14-15-8-11/h1-4,7-8H,5-6,13H2,(H,14,15)(H,16,17). The molecule has 0 bridgehead atoms. The van der Waals surface area contributed by atoms with Crippen molar-refractivity contribution in [3.8, 4) is 0 Å². The fourth-order valence-electron chi connectivity index (χ4n) is 1.50. The Kier molecular flexibility index (Phi) is 3.52. The van der Waals surface area contributed by atoms with Crippen molar-refractivity contribution in [2.45, 2.75) is 13.0 Å². The highest BCUT2D eigenvalue weighted by atomic mass is 16.1. The third-order valence-corrected chi connectivity index (χ3v) is 2.41. The monoisotopic (exact) mass is 230 g/mol. The van der Waals surface area contributed by atoms with Crippen molar-refractivity contribution in [3.63, 3.8) is 0 Å². The van der Waals surface area contributed by atoms with Gasteiger partial charge in [-0.15, -0.1) is 0 Å². The SMILES string of the molecule is NCc1ccc(CC(=O)Nc2cn[nH]c2)cc1. The Labute approximate surface area is 99.0 Å². The highest BCUT2D eigenvalue weighted by Gasteiger charge is 2.04. The lowest BCUT2D eigenvalue weighted by atomic mass is 10.1. The molecule has 4 N–H and O–H groups in total. The molecule has 0 aliphatic rings. The molecule has 0 saturated carbocycles. The van der Waals surface area contributed by atoms with E-state index in [0.29, 0.717) is 18.7 Å². The second kappa shape index (κ2) is 5.27. The Hall–Kier alpha value is -2.14. The van der Waals surface area contributed by atoms with Crippen LogP contribution < -0.4 is 11.1 Å². The Bertz CT molecular complexity index is 476. The highest BCUT2D eigenvalue weighted by Crippen LogP contribution is 2.07. The summed E-state index contributed by atoms with van der Waals surface area (Å²) >= 11 is 0. The summed E-state index contributed by atoms with van der Waals surface area (Å²) in [4.78, 5) is 11.7. The lowest BCUT2D eigenvalue weighted by Gasteiger charge is -2.03. The molecule has 88 valence electrons. The van der Waals surface area contributed by atoms with Crippen LogP contribution in [0.2, 0.25) is 0 Å². The number of carbonyl (C=O) groups excluding carboxylic acids is 1. The third kappa shape index (κ3) is 3.15. The molecule has 5 nitrogen and oxygen atoms in total. The molecule has 1 aromatic carbocycles. The molecule has 5 heteroatoms. The van der Waals surface area contributed by atoms with Gasteiger partial charge in [-0.25, -0.2) is 0 Å². The zero-order chi connectivity index (χ0) is 12.1. The molecule has 2 aromatic rings. The molecular weight excluding hydrogens is 216 g/mol. The number of anilines is 1. The number of hydrogen-bond donors (Lipinski definition) is 3. The number of nitrogens with one attached hydrogen (secondary N) is 2. The van der Waals surface area contributed by atoms with Crippen LogP contribution in [0.25, 0.3) is 0 Å². The summed E-state index contributed by atoms with van der Waals surface area (Å²) in [5, 5.41) is 9.13. The van der Waals surface area contributed by atoms with Gasteiger partial charge in [-0.1, -0.05) is 24.3 Å². The van der Waals surface area contributed by atoms with E-state index in [2.05, 4.69) is 15.5 Å².